The molecular weight excluding hydrogens is 541 g/mol. The summed E-state index contributed by atoms with van der Waals surface area (Å²) in [4.78, 5) is 17.8. The van der Waals surface area contributed by atoms with E-state index in [0.717, 1.165) is 43.6 Å². The summed E-state index contributed by atoms with van der Waals surface area (Å²) in [5.74, 6) is -0.0801. The average Bonchev–Trinajstić information content (AvgIpc) is 3.56. The standard InChI is InChI=1S/C28H27F3N6O2S/c1-36-17-5-6-18(17)39-19-9-15(14-3-4-16(30)24-22(14)33-26(32)40-24)21(31)23-20(19)25(36)35-27(34-23)38-12-28-7-2-8-37(28)11-13(29)10-28/h3-4,9,13,17-18H,2,5-8,10-12H2,1H3,(H2,32,33)/t13-,17?,18-,28+/m1/s1. The molecule has 0 spiro atoms. The van der Waals surface area contributed by atoms with Crippen LogP contribution in [0.1, 0.15) is 32.1 Å². The topological polar surface area (TPSA) is 89.6 Å². The van der Waals surface area contributed by atoms with Crippen LogP contribution in [0.3, 0.4) is 0 Å². The van der Waals surface area contributed by atoms with Crippen molar-refractivity contribution in [2.75, 3.05) is 37.4 Å². The molecule has 8 rings (SSSR count). The number of alkyl halides is 1. The van der Waals surface area contributed by atoms with Gasteiger partial charge in [-0.15, -0.1) is 0 Å². The molecule has 0 amide bonds. The number of hydrogen-bond donors (Lipinski definition) is 1. The highest BCUT2D eigenvalue weighted by Crippen LogP contribution is 2.47. The molecule has 0 bridgehead atoms. The Balaban J connectivity index is 1.29. The number of nitrogens with two attached hydrogens (primary N) is 1. The van der Waals surface area contributed by atoms with E-state index in [0.29, 0.717) is 35.5 Å². The molecule has 0 radical (unpaired) electrons. The van der Waals surface area contributed by atoms with Crippen molar-refractivity contribution in [1.29, 1.82) is 0 Å². The third kappa shape index (κ3) is 3.44. The van der Waals surface area contributed by atoms with Crippen LogP contribution in [-0.2, 0) is 0 Å². The Bertz CT molecular complexity index is 1700. The van der Waals surface area contributed by atoms with Crippen LogP contribution in [0.2, 0.25) is 0 Å². The summed E-state index contributed by atoms with van der Waals surface area (Å²) in [6.07, 6.45) is 3.03. The smallest absolute Gasteiger partial charge is 0.319 e. The highest BCUT2D eigenvalue weighted by Gasteiger charge is 2.49. The van der Waals surface area contributed by atoms with E-state index in [-0.39, 0.29) is 51.2 Å². The van der Waals surface area contributed by atoms with E-state index in [4.69, 9.17) is 20.2 Å². The molecule has 1 aliphatic carbocycles. The van der Waals surface area contributed by atoms with Crippen molar-refractivity contribution in [3.05, 3.63) is 29.8 Å². The second kappa shape index (κ2) is 8.56. The zero-order chi connectivity index (χ0) is 27.3. The highest BCUT2D eigenvalue weighted by atomic mass is 32.1. The van der Waals surface area contributed by atoms with Gasteiger partial charge < -0.3 is 20.1 Å². The maximum atomic E-state index is 16.5. The molecule has 2 aromatic carbocycles. The number of hydrogen-bond acceptors (Lipinski definition) is 9. The van der Waals surface area contributed by atoms with Crippen LogP contribution in [0.25, 0.3) is 32.2 Å². The van der Waals surface area contributed by atoms with Gasteiger partial charge in [-0.05, 0) is 50.4 Å². The van der Waals surface area contributed by atoms with Crippen molar-refractivity contribution in [2.24, 2.45) is 0 Å². The van der Waals surface area contributed by atoms with Gasteiger partial charge in [0, 0.05) is 31.1 Å². The molecule has 4 atom stereocenters. The van der Waals surface area contributed by atoms with Gasteiger partial charge in [-0.2, -0.15) is 9.97 Å². The van der Waals surface area contributed by atoms with Crippen molar-refractivity contribution in [2.45, 2.75) is 56.0 Å². The van der Waals surface area contributed by atoms with Crippen LogP contribution < -0.4 is 20.1 Å². The van der Waals surface area contributed by atoms with E-state index in [1.807, 2.05) is 11.9 Å². The maximum absolute atomic E-state index is 16.5. The fourth-order valence-corrected chi connectivity index (χ4v) is 7.79. The average molecular weight is 569 g/mol. The minimum absolute atomic E-state index is 0.0415. The molecule has 208 valence electrons. The van der Waals surface area contributed by atoms with Crippen LogP contribution >= 0.6 is 11.3 Å². The third-order valence-electron chi connectivity index (χ3n) is 9.15. The summed E-state index contributed by atoms with van der Waals surface area (Å²) >= 11 is 1.02. The summed E-state index contributed by atoms with van der Waals surface area (Å²) in [6.45, 7) is 1.48. The number of thiazole rings is 1. The van der Waals surface area contributed by atoms with Crippen LogP contribution in [0.5, 0.6) is 11.8 Å². The lowest BCUT2D eigenvalue weighted by Crippen LogP contribution is -2.51. The molecule has 1 saturated carbocycles. The Kier molecular flexibility index (Phi) is 5.23. The number of benzene rings is 2. The number of nitrogen functional groups attached to an aromatic ring is 1. The van der Waals surface area contributed by atoms with E-state index in [1.165, 1.54) is 12.1 Å². The number of nitrogens with zero attached hydrogens (tertiary/aromatic N) is 5. The zero-order valence-corrected chi connectivity index (χ0v) is 22.6. The number of ether oxygens (including phenoxy) is 2. The van der Waals surface area contributed by atoms with E-state index in [9.17, 15) is 8.78 Å². The predicted molar refractivity (Wildman–Crippen MR) is 147 cm³/mol. The molecular formula is C28H27F3N6O2S. The van der Waals surface area contributed by atoms with Crippen molar-refractivity contribution in [3.8, 4) is 22.9 Å². The first-order chi connectivity index (χ1) is 19.3. The van der Waals surface area contributed by atoms with Crippen LogP contribution in [0, 0.1) is 11.6 Å². The van der Waals surface area contributed by atoms with Crippen LogP contribution in [0.15, 0.2) is 18.2 Å². The molecule has 1 unspecified atom stereocenters. The van der Waals surface area contributed by atoms with Gasteiger partial charge in [0.25, 0.3) is 0 Å². The van der Waals surface area contributed by atoms with Crippen molar-refractivity contribution in [1.82, 2.24) is 19.9 Å². The molecule has 4 aliphatic rings. The first-order valence-corrected chi connectivity index (χ1v) is 14.4. The van der Waals surface area contributed by atoms with Gasteiger partial charge >= 0.3 is 6.01 Å². The first kappa shape index (κ1) is 24.4. The Labute approximate surface area is 231 Å². The van der Waals surface area contributed by atoms with E-state index in [1.54, 1.807) is 6.07 Å². The SMILES string of the molecule is CN1c2nc(OC[C@@]34CCCN3C[C@H](F)C4)nc3c(F)c(-c4ccc(F)c5sc(N)nc45)cc(c23)O[C@@H]2CCC21. The Hall–Kier alpha value is -3.38. The molecule has 2 N–H and O–H groups in total. The lowest BCUT2D eigenvalue weighted by atomic mass is 9.88. The molecule has 3 fully saturated rings. The monoisotopic (exact) mass is 568 g/mol. The molecule has 3 aliphatic heterocycles. The van der Waals surface area contributed by atoms with Gasteiger partial charge in [0.05, 0.1) is 27.2 Å². The van der Waals surface area contributed by atoms with Crippen molar-refractivity contribution < 1.29 is 22.6 Å². The minimum atomic E-state index is -0.889. The molecule has 8 nitrogen and oxygen atoms in total. The fourth-order valence-electron chi connectivity index (χ4n) is 7.03. The summed E-state index contributed by atoms with van der Waals surface area (Å²) in [7, 11) is 1.93. The lowest BCUT2D eigenvalue weighted by Gasteiger charge is -2.40. The second-order valence-electron chi connectivity index (χ2n) is 11.4. The van der Waals surface area contributed by atoms with Crippen molar-refractivity contribution >= 4 is 43.4 Å². The first-order valence-electron chi connectivity index (χ1n) is 13.6. The van der Waals surface area contributed by atoms with E-state index >= 15 is 4.39 Å². The third-order valence-corrected chi connectivity index (χ3v) is 10.0. The van der Waals surface area contributed by atoms with E-state index in [2.05, 4.69) is 14.9 Å². The fraction of sp³-hybridized carbons (Fsp3) is 0.464. The number of halogens is 3. The minimum Gasteiger partial charge on any atom is -0.487 e. The number of rotatable bonds is 4. The number of aromatic nitrogens is 3. The quantitative estimate of drug-likeness (QED) is 0.365. The molecule has 12 heteroatoms. The number of fused-ring (bicyclic) bond motifs is 3. The Morgan fingerprint density at radius 2 is 2.05 bits per heavy atom. The largest absolute Gasteiger partial charge is 0.487 e. The Morgan fingerprint density at radius 3 is 2.88 bits per heavy atom. The molecule has 40 heavy (non-hydrogen) atoms. The van der Waals surface area contributed by atoms with Crippen LogP contribution in [-0.4, -0.2) is 70.5 Å². The van der Waals surface area contributed by atoms with Gasteiger partial charge in [-0.25, -0.2) is 18.2 Å². The summed E-state index contributed by atoms with van der Waals surface area (Å²) in [6, 6.07) is 4.55. The zero-order valence-electron chi connectivity index (χ0n) is 21.8. The summed E-state index contributed by atoms with van der Waals surface area (Å²) < 4.78 is 58.3. The lowest BCUT2D eigenvalue weighted by molar-refractivity contribution is 0.0947. The highest BCUT2D eigenvalue weighted by molar-refractivity contribution is 7.22. The number of likely N-dealkylation sites (N-methyl/N-ethyl adjacent to an activating group) is 1. The molecule has 5 heterocycles. The van der Waals surface area contributed by atoms with Gasteiger partial charge in [-0.3, -0.25) is 4.90 Å². The van der Waals surface area contributed by atoms with Gasteiger partial charge in [0.15, 0.2) is 10.9 Å². The number of anilines is 2. The summed E-state index contributed by atoms with van der Waals surface area (Å²) in [5.41, 5.74) is 6.43. The second-order valence-corrected chi connectivity index (χ2v) is 12.4. The molecule has 2 aromatic heterocycles. The predicted octanol–water partition coefficient (Wildman–Crippen LogP) is 5.08. The van der Waals surface area contributed by atoms with Crippen LogP contribution in [0.4, 0.5) is 24.1 Å². The normalized spacial score (nSPS) is 27.4. The molecule has 2 saturated heterocycles. The van der Waals surface area contributed by atoms with Gasteiger partial charge in [0.1, 0.15) is 41.8 Å². The van der Waals surface area contributed by atoms with E-state index < -0.39 is 23.3 Å². The Morgan fingerprint density at radius 1 is 1.18 bits per heavy atom. The van der Waals surface area contributed by atoms with Crippen molar-refractivity contribution in [3.63, 3.8) is 0 Å². The van der Waals surface area contributed by atoms with Gasteiger partial charge in [-0.1, -0.05) is 11.3 Å². The maximum Gasteiger partial charge on any atom is 0.319 e. The molecule has 4 aromatic rings. The van der Waals surface area contributed by atoms with Gasteiger partial charge in [0.2, 0.25) is 0 Å². The summed E-state index contributed by atoms with van der Waals surface area (Å²) in [5, 5.41) is 0.658.